The lowest BCUT2D eigenvalue weighted by atomic mass is 10.1. The van der Waals surface area contributed by atoms with Gasteiger partial charge >= 0.3 is 0 Å². The molecule has 0 heterocycles. The lowest BCUT2D eigenvalue weighted by molar-refractivity contribution is -0.115. The second-order valence-corrected chi connectivity index (χ2v) is 10.9. The number of anilines is 2. The van der Waals surface area contributed by atoms with Crippen LogP contribution in [-0.4, -0.2) is 23.0 Å². The SMILES string of the molecule is Cc1ccc(Cl)cc1NC(=O)C(C)Sc1ccc(NC(=O)/C(=C/c2ccccc2F)NC(=O)c2ccccc2)cc1. The summed E-state index contributed by atoms with van der Waals surface area (Å²) in [7, 11) is 0. The molecule has 4 aromatic rings. The van der Waals surface area contributed by atoms with Gasteiger partial charge in [-0.2, -0.15) is 0 Å². The van der Waals surface area contributed by atoms with Crippen molar-refractivity contribution in [2.24, 2.45) is 0 Å². The Labute approximate surface area is 247 Å². The minimum Gasteiger partial charge on any atom is -0.325 e. The second kappa shape index (κ2) is 13.8. The van der Waals surface area contributed by atoms with Gasteiger partial charge in [0.25, 0.3) is 11.8 Å². The highest BCUT2D eigenvalue weighted by atomic mass is 35.5. The first-order chi connectivity index (χ1) is 19.7. The van der Waals surface area contributed by atoms with Gasteiger partial charge in [-0.15, -0.1) is 11.8 Å². The van der Waals surface area contributed by atoms with Crippen LogP contribution in [0.15, 0.2) is 108 Å². The third-order valence-electron chi connectivity index (χ3n) is 5.99. The Morgan fingerprint density at radius 1 is 0.878 bits per heavy atom. The number of carbonyl (C=O) groups excluding carboxylic acids is 3. The van der Waals surface area contributed by atoms with Crippen molar-refractivity contribution in [2.45, 2.75) is 24.0 Å². The number of amides is 3. The van der Waals surface area contributed by atoms with Crippen LogP contribution in [0.2, 0.25) is 5.02 Å². The predicted molar refractivity (Wildman–Crippen MR) is 163 cm³/mol. The molecule has 0 bridgehead atoms. The van der Waals surface area contributed by atoms with E-state index in [1.807, 2.05) is 13.0 Å². The van der Waals surface area contributed by atoms with Gasteiger partial charge in [0.15, 0.2) is 0 Å². The Bertz CT molecular complexity index is 1590. The number of thioether (sulfide) groups is 1. The molecular weight excluding hydrogens is 561 g/mol. The first-order valence-electron chi connectivity index (χ1n) is 12.7. The molecule has 6 nitrogen and oxygen atoms in total. The molecule has 0 aliphatic carbocycles. The molecule has 1 unspecified atom stereocenters. The molecule has 0 aliphatic rings. The van der Waals surface area contributed by atoms with E-state index >= 15 is 0 Å². The van der Waals surface area contributed by atoms with Crippen LogP contribution in [0, 0.1) is 12.7 Å². The minimum absolute atomic E-state index is 0.121. The van der Waals surface area contributed by atoms with Gasteiger partial charge in [-0.05, 0) is 80.1 Å². The van der Waals surface area contributed by atoms with E-state index in [1.54, 1.807) is 79.7 Å². The van der Waals surface area contributed by atoms with E-state index in [9.17, 15) is 18.8 Å². The average molecular weight is 588 g/mol. The standard InChI is InChI=1S/C32H27ClFN3O3S/c1-20-12-13-24(33)19-28(20)36-30(38)21(2)41-26-16-14-25(15-17-26)35-32(40)29(18-23-10-6-7-11-27(23)34)37-31(39)22-8-4-3-5-9-22/h3-19,21H,1-2H3,(H,35,40)(H,36,38)(H,37,39)/b29-18-. The van der Waals surface area contributed by atoms with Crippen LogP contribution in [0.3, 0.4) is 0 Å². The number of halogens is 2. The smallest absolute Gasteiger partial charge is 0.272 e. The maximum atomic E-state index is 14.3. The van der Waals surface area contributed by atoms with Gasteiger partial charge < -0.3 is 16.0 Å². The lowest BCUT2D eigenvalue weighted by Gasteiger charge is -2.14. The molecule has 0 aromatic heterocycles. The maximum absolute atomic E-state index is 14.3. The molecule has 208 valence electrons. The Morgan fingerprint density at radius 2 is 1.56 bits per heavy atom. The van der Waals surface area contributed by atoms with E-state index in [0.29, 0.717) is 22.0 Å². The Kier molecular flexibility index (Phi) is 9.95. The van der Waals surface area contributed by atoms with Crippen LogP contribution in [0.4, 0.5) is 15.8 Å². The molecule has 0 saturated heterocycles. The van der Waals surface area contributed by atoms with Crippen LogP contribution < -0.4 is 16.0 Å². The van der Waals surface area contributed by atoms with E-state index in [2.05, 4.69) is 16.0 Å². The quantitative estimate of drug-likeness (QED) is 0.141. The number of carbonyl (C=O) groups is 3. The van der Waals surface area contributed by atoms with Crippen molar-refractivity contribution in [3.05, 3.63) is 130 Å². The summed E-state index contributed by atoms with van der Waals surface area (Å²) in [5.74, 6) is -1.83. The van der Waals surface area contributed by atoms with E-state index in [-0.39, 0.29) is 17.2 Å². The van der Waals surface area contributed by atoms with Gasteiger partial charge in [0.05, 0.1) is 5.25 Å². The highest BCUT2D eigenvalue weighted by Gasteiger charge is 2.18. The number of rotatable bonds is 9. The van der Waals surface area contributed by atoms with E-state index in [1.165, 1.54) is 36.0 Å². The Hall–Kier alpha value is -4.40. The van der Waals surface area contributed by atoms with Crippen molar-refractivity contribution in [2.75, 3.05) is 10.6 Å². The van der Waals surface area contributed by atoms with Crippen LogP contribution in [0.25, 0.3) is 6.08 Å². The van der Waals surface area contributed by atoms with Crippen molar-refractivity contribution in [3.63, 3.8) is 0 Å². The molecular formula is C32H27ClFN3O3S. The van der Waals surface area contributed by atoms with Crippen molar-refractivity contribution < 1.29 is 18.8 Å². The van der Waals surface area contributed by atoms with Crippen LogP contribution in [0.5, 0.6) is 0 Å². The molecule has 41 heavy (non-hydrogen) atoms. The molecule has 0 aliphatic heterocycles. The Balaban J connectivity index is 1.44. The van der Waals surface area contributed by atoms with Gasteiger partial charge in [-0.1, -0.05) is 54.1 Å². The molecule has 9 heteroatoms. The van der Waals surface area contributed by atoms with Gasteiger partial charge in [0.2, 0.25) is 5.91 Å². The third kappa shape index (κ3) is 8.30. The summed E-state index contributed by atoms with van der Waals surface area (Å²) in [5.41, 5.74) is 2.40. The van der Waals surface area contributed by atoms with Gasteiger partial charge in [-0.25, -0.2) is 4.39 Å². The summed E-state index contributed by atoms with van der Waals surface area (Å²) in [6.07, 6.45) is 1.29. The van der Waals surface area contributed by atoms with Gasteiger partial charge in [0, 0.05) is 32.4 Å². The fourth-order valence-electron chi connectivity index (χ4n) is 3.73. The maximum Gasteiger partial charge on any atom is 0.272 e. The average Bonchev–Trinajstić information content (AvgIpc) is 2.97. The van der Waals surface area contributed by atoms with Crippen LogP contribution >= 0.6 is 23.4 Å². The van der Waals surface area contributed by atoms with E-state index in [4.69, 9.17) is 11.6 Å². The minimum atomic E-state index is -0.623. The highest BCUT2D eigenvalue weighted by molar-refractivity contribution is 8.00. The topological polar surface area (TPSA) is 87.3 Å². The fraction of sp³-hybridized carbons (Fsp3) is 0.0938. The number of hydrogen-bond acceptors (Lipinski definition) is 4. The van der Waals surface area contributed by atoms with Crippen molar-refractivity contribution in [1.29, 1.82) is 0 Å². The monoisotopic (exact) mass is 587 g/mol. The van der Waals surface area contributed by atoms with E-state index < -0.39 is 22.9 Å². The third-order valence-corrected chi connectivity index (χ3v) is 7.33. The van der Waals surface area contributed by atoms with Gasteiger partial charge in [-0.3, -0.25) is 14.4 Å². The normalized spacial score (nSPS) is 11.9. The number of benzene rings is 4. The van der Waals surface area contributed by atoms with E-state index in [0.717, 1.165) is 10.5 Å². The van der Waals surface area contributed by atoms with Crippen molar-refractivity contribution in [3.8, 4) is 0 Å². The zero-order chi connectivity index (χ0) is 29.4. The number of hydrogen-bond donors (Lipinski definition) is 3. The van der Waals surface area contributed by atoms with Crippen molar-refractivity contribution >= 4 is 58.5 Å². The van der Waals surface area contributed by atoms with Crippen LogP contribution in [0.1, 0.15) is 28.4 Å². The summed E-state index contributed by atoms with van der Waals surface area (Å²) >= 11 is 7.41. The number of aryl methyl sites for hydroxylation is 1. The molecule has 0 radical (unpaired) electrons. The molecule has 0 spiro atoms. The predicted octanol–water partition coefficient (Wildman–Crippen LogP) is 7.32. The van der Waals surface area contributed by atoms with Gasteiger partial charge in [0.1, 0.15) is 11.5 Å². The van der Waals surface area contributed by atoms with Crippen LogP contribution in [-0.2, 0) is 9.59 Å². The summed E-state index contributed by atoms with van der Waals surface area (Å²) in [6.45, 7) is 3.69. The molecule has 3 amide bonds. The largest absolute Gasteiger partial charge is 0.325 e. The Morgan fingerprint density at radius 3 is 2.27 bits per heavy atom. The fourth-order valence-corrected chi connectivity index (χ4v) is 4.77. The first kappa shape index (κ1) is 29.6. The summed E-state index contributed by atoms with van der Waals surface area (Å²) in [6, 6.07) is 26.6. The summed E-state index contributed by atoms with van der Waals surface area (Å²) in [4.78, 5) is 39.5. The molecule has 4 aromatic carbocycles. The second-order valence-electron chi connectivity index (χ2n) is 9.09. The number of nitrogens with one attached hydrogen (secondary N) is 3. The lowest BCUT2D eigenvalue weighted by Crippen LogP contribution is -2.30. The first-order valence-corrected chi connectivity index (χ1v) is 13.9. The molecule has 0 saturated carbocycles. The van der Waals surface area contributed by atoms with Crippen molar-refractivity contribution in [1.82, 2.24) is 5.32 Å². The highest BCUT2D eigenvalue weighted by Crippen LogP contribution is 2.27. The zero-order valence-corrected chi connectivity index (χ0v) is 23.9. The molecule has 1 atom stereocenters. The molecule has 3 N–H and O–H groups in total. The zero-order valence-electron chi connectivity index (χ0n) is 22.3. The summed E-state index contributed by atoms with van der Waals surface area (Å²) in [5, 5.41) is 8.37. The summed E-state index contributed by atoms with van der Waals surface area (Å²) < 4.78 is 14.3. The molecule has 0 fully saturated rings. The molecule has 4 rings (SSSR count).